The van der Waals surface area contributed by atoms with Crippen molar-refractivity contribution < 1.29 is 8.42 Å². The number of nitrogens with zero attached hydrogens (tertiary/aromatic N) is 2. The predicted octanol–water partition coefficient (Wildman–Crippen LogP) is 9.87. The normalized spacial score (nSPS) is 24.1. The van der Waals surface area contributed by atoms with Gasteiger partial charge in [-0.05, 0) is 122 Å². The molecule has 0 unspecified atom stereocenters. The highest BCUT2D eigenvalue weighted by Crippen LogP contribution is 2.69. The van der Waals surface area contributed by atoms with Crippen molar-refractivity contribution in [3.05, 3.63) is 132 Å². The van der Waals surface area contributed by atoms with Crippen molar-refractivity contribution in [2.45, 2.75) is 49.3 Å². The van der Waals surface area contributed by atoms with Gasteiger partial charge in [0.25, 0.3) is 10.0 Å². The van der Waals surface area contributed by atoms with Gasteiger partial charge in [-0.3, -0.25) is 0 Å². The lowest BCUT2D eigenvalue weighted by Crippen LogP contribution is -2.57. The molecule has 4 saturated carbocycles. The molecule has 4 nitrogen and oxygen atoms in total. The Labute approximate surface area is 270 Å². The van der Waals surface area contributed by atoms with Crippen molar-refractivity contribution >= 4 is 48.9 Å². The number of hydrogen-bond donors (Lipinski definition) is 0. The van der Waals surface area contributed by atoms with Crippen LogP contribution in [0.2, 0.25) is 0 Å². The molecule has 5 heteroatoms. The molecule has 5 aromatic carbocycles. The van der Waals surface area contributed by atoms with Crippen molar-refractivity contribution in [3.8, 4) is 0 Å². The Kier molecular flexibility index (Phi) is 5.46. The van der Waals surface area contributed by atoms with Gasteiger partial charge < -0.3 is 4.90 Å². The van der Waals surface area contributed by atoms with Crippen molar-refractivity contribution in [3.63, 3.8) is 0 Å². The minimum atomic E-state index is -3.83. The Balaban J connectivity index is 1.20. The Morgan fingerprint density at radius 2 is 1.17 bits per heavy atom. The standard InChI is InChI=1S/C41H36N2O2S/c1-26-14-17-32(18-15-26)46(44,45)43-37-11-5-2-8-33(37)34-25-31(16-19-38(34)43)42-39-12-6-3-9-35(39)41(36-10-4-7-13-40(36)42)29-21-27-20-28(23-29)24-30(41)22-27/h2-19,25,27-30H,20-24H2,1H3. The minimum Gasteiger partial charge on any atom is -0.310 e. The first-order valence-corrected chi connectivity index (χ1v) is 18.2. The van der Waals surface area contributed by atoms with E-state index in [4.69, 9.17) is 0 Å². The van der Waals surface area contributed by atoms with Crippen molar-refractivity contribution in [1.29, 1.82) is 0 Å². The average Bonchev–Trinajstić information content (AvgIpc) is 3.41. The van der Waals surface area contributed by atoms with Crippen LogP contribution in [-0.4, -0.2) is 12.4 Å². The largest absolute Gasteiger partial charge is 0.310 e. The number of aromatic nitrogens is 1. The third kappa shape index (κ3) is 3.42. The minimum absolute atomic E-state index is 0.0549. The summed E-state index contributed by atoms with van der Waals surface area (Å²) in [5, 5.41) is 1.87. The van der Waals surface area contributed by atoms with E-state index in [1.165, 1.54) is 58.6 Å². The lowest BCUT2D eigenvalue weighted by atomic mass is 9.41. The summed E-state index contributed by atoms with van der Waals surface area (Å²) < 4.78 is 29.9. The van der Waals surface area contributed by atoms with Crippen molar-refractivity contribution in [1.82, 2.24) is 3.97 Å². The number of rotatable bonds is 3. The van der Waals surface area contributed by atoms with Gasteiger partial charge in [-0.15, -0.1) is 0 Å². The number of fused-ring (bicyclic) bond motifs is 5. The van der Waals surface area contributed by atoms with Crippen LogP contribution in [0.4, 0.5) is 17.1 Å². The molecule has 4 aliphatic carbocycles. The van der Waals surface area contributed by atoms with Gasteiger partial charge in [0.1, 0.15) is 0 Å². The monoisotopic (exact) mass is 620 g/mol. The molecule has 0 saturated heterocycles. The van der Waals surface area contributed by atoms with Gasteiger partial charge in [-0.25, -0.2) is 12.4 Å². The molecule has 11 rings (SSSR count). The first kappa shape index (κ1) is 26.8. The third-order valence-corrected chi connectivity index (χ3v) is 13.8. The van der Waals surface area contributed by atoms with E-state index in [0.29, 0.717) is 27.8 Å². The molecule has 0 atom stereocenters. The fourth-order valence-corrected chi connectivity index (χ4v) is 12.1. The van der Waals surface area contributed by atoms with Crippen molar-refractivity contribution in [2.75, 3.05) is 4.90 Å². The molecule has 2 heterocycles. The molecule has 228 valence electrons. The SMILES string of the molecule is Cc1ccc(S(=O)(=O)n2c3ccccc3c3cc(N4c5ccccc5C5(c6ccccc64)C4CC6CC(C4)CC5C6)ccc32)cc1. The summed E-state index contributed by atoms with van der Waals surface area (Å²) in [5.41, 5.74) is 9.03. The Bertz CT molecular complexity index is 2240. The number of benzene rings is 5. The zero-order chi connectivity index (χ0) is 30.8. The zero-order valence-corrected chi connectivity index (χ0v) is 26.8. The van der Waals surface area contributed by atoms with Gasteiger partial charge in [-0.1, -0.05) is 72.3 Å². The molecule has 1 aliphatic heterocycles. The van der Waals surface area contributed by atoms with Crippen LogP contribution in [0.3, 0.4) is 0 Å². The van der Waals surface area contributed by atoms with E-state index in [0.717, 1.165) is 33.9 Å². The highest BCUT2D eigenvalue weighted by Gasteiger charge is 2.61. The van der Waals surface area contributed by atoms with Gasteiger partial charge in [0.15, 0.2) is 0 Å². The van der Waals surface area contributed by atoms with Gasteiger partial charge in [0.2, 0.25) is 0 Å². The van der Waals surface area contributed by atoms with Gasteiger partial charge in [0, 0.05) is 21.9 Å². The summed E-state index contributed by atoms with van der Waals surface area (Å²) in [7, 11) is -3.83. The van der Waals surface area contributed by atoms with Gasteiger partial charge >= 0.3 is 0 Å². The molecule has 46 heavy (non-hydrogen) atoms. The van der Waals surface area contributed by atoms with Gasteiger partial charge in [0.05, 0.1) is 27.3 Å². The second-order valence-corrected chi connectivity index (χ2v) is 16.1. The van der Waals surface area contributed by atoms with Crippen LogP contribution < -0.4 is 4.90 Å². The van der Waals surface area contributed by atoms with Crippen LogP contribution in [0.25, 0.3) is 21.8 Å². The molecule has 4 fully saturated rings. The van der Waals surface area contributed by atoms with Crippen LogP contribution in [0, 0.1) is 30.6 Å². The number of anilines is 3. The van der Waals surface area contributed by atoms with E-state index < -0.39 is 10.0 Å². The Morgan fingerprint density at radius 3 is 1.83 bits per heavy atom. The van der Waals surface area contributed by atoms with E-state index in [1.54, 1.807) is 12.1 Å². The molecule has 4 bridgehead atoms. The highest BCUT2D eigenvalue weighted by molar-refractivity contribution is 7.90. The molecule has 6 aromatic rings. The van der Waals surface area contributed by atoms with Gasteiger partial charge in [-0.2, -0.15) is 0 Å². The predicted molar refractivity (Wildman–Crippen MR) is 186 cm³/mol. The molecule has 5 aliphatic rings. The molecular weight excluding hydrogens is 585 g/mol. The van der Waals surface area contributed by atoms with Crippen LogP contribution in [-0.2, 0) is 15.4 Å². The van der Waals surface area contributed by atoms with E-state index in [9.17, 15) is 8.42 Å². The highest BCUT2D eigenvalue weighted by atomic mass is 32.2. The second kappa shape index (κ2) is 9.36. The Morgan fingerprint density at radius 1 is 0.609 bits per heavy atom. The lowest BCUT2D eigenvalue weighted by molar-refractivity contribution is -0.0419. The van der Waals surface area contributed by atoms with Crippen LogP contribution in [0.5, 0.6) is 0 Å². The third-order valence-electron chi connectivity index (χ3n) is 12.0. The molecular formula is C41H36N2O2S. The fourth-order valence-electron chi connectivity index (χ4n) is 10.5. The van der Waals surface area contributed by atoms with E-state index in [2.05, 4.69) is 65.6 Å². The number of hydrogen-bond acceptors (Lipinski definition) is 3. The summed E-state index contributed by atoms with van der Waals surface area (Å²) in [6.45, 7) is 1.97. The summed E-state index contributed by atoms with van der Waals surface area (Å²) in [6, 6.07) is 39.7. The average molecular weight is 621 g/mol. The summed E-state index contributed by atoms with van der Waals surface area (Å²) in [5.74, 6) is 3.14. The summed E-state index contributed by atoms with van der Waals surface area (Å²) in [6.07, 6.45) is 6.81. The van der Waals surface area contributed by atoms with Crippen molar-refractivity contribution in [2.24, 2.45) is 23.7 Å². The Hall–Kier alpha value is -4.35. The van der Waals surface area contributed by atoms with Crippen LogP contribution >= 0.6 is 0 Å². The molecule has 1 spiro atoms. The van der Waals surface area contributed by atoms with E-state index in [-0.39, 0.29) is 5.41 Å². The molecule has 0 amide bonds. The first-order valence-electron chi connectivity index (χ1n) is 16.8. The molecule has 0 N–H and O–H groups in total. The topological polar surface area (TPSA) is 42.3 Å². The molecule has 1 aromatic heterocycles. The number of aryl methyl sites for hydroxylation is 1. The summed E-state index contributed by atoms with van der Waals surface area (Å²) >= 11 is 0. The maximum Gasteiger partial charge on any atom is 0.268 e. The second-order valence-electron chi connectivity index (χ2n) is 14.3. The summed E-state index contributed by atoms with van der Waals surface area (Å²) in [4.78, 5) is 2.74. The van der Waals surface area contributed by atoms with E-state index in [1.807, 2.05) is 49.4 Å². The number of para-hydroxylation sites is 3. The smallest absolute Gasteiger partial charge is 0.268 e. The maximum absolute atomic E-state index is 14.2. The maximum atomic E-state index is 14.2. The molecule has 0 radical (unpaired) electrons. The first-order chi connectivity index (χ1) is 22.4. The lowest BCUT2D eigenvalue weighted by Gasteiger charge is -2.64. The fraction of sp³-hybridized carbons (Fsp3) is 0.268. The van der Waals surface area contributed by atoms with E-state index >= 15 is 0 Å². The van der Waals surface area contributed by atoms with Crippen LogP contribution in [0.15, 0.2) is 120 Å². The quantitative estimate of drug-likeness (QED) is 0.198. The zero-order valence-electron chi connectivity index (χ0n) is 25.9. The van der Waals surface area contributed by atoms with Crippen LogP contribution in [0.1, 0.15) is 48.8 Å².